The van der Waals surface area contributed by atoms with Gasteiger partial charge in [0.05, 0.1) is 5.57 Å². The van der Waals surface area contributed by atoms with Gasteiger partial charge in [0.2, 0.25) is 5.91 Å². The first-order valence-corrected chi connectivity index (χ1v) is 15.1. The van der Waals surface area contributed by atoms with Crippen LogP contribution in [-0.2, 0) is 26.3 Å². The molecule has 1 aliphatic carbocycles. The number of fused-ring (bicyclic) bond motifs is 1. The van der Waals surface area contributed by atoms with Crippen molar-refractivity contribution in [2.45, 2.75) is 71.9 Å². The molecule has 2 aliphatic rings. The number of rotatable bonds is 8. The maximum atomic E-state index is 13.4. The highest BCUT2D eigenvalue weighted by atomic mass is 16.6. The Hall–Kier alpha value is -4.86. The third-order valence-corrected chi connectivity index (χ3v) is 7.10. The average Bonchev–Trinajstić information content (AvgIpc) is 3.80. The van der Waals surface area contributed by atoms with E-state index in [4.69, 9.17) is 14.2 Å². The second-order valence-corrected chi connectivity index (χ2v) is 13.4. The van der Waals surface area contributed by atoms with E-state index in [1.54, 1.807) is 42.6 Å². The van der Waals surface area contributed by atoms with E-state index >= 15 is 0 Å². The Labute approximate surface area is 263 Å². The van der Waals surface area contributed by atoms with Crippen LogP contribution in [0, 0.1) is 5.92 Å². The second-order valence-electron chi connectivity index (χ2n) is 13.4. The molecule has 45 heavy (non-hydrogen) atoms. The van der Waals surface area contributed by atoms with Crippen LogP contribution in [-0.4, -0.2) is 35.1 Å². The summed E-state index contributed by atoms with van der Waals surface area (Å²) in [6.45, 7) is 12.1. The lowest BCUT2D eigenvalue weighted by Gasteiger charge is -2.23. The van der Waals surface area contributed by atoms with E-state index in [2.05, 4.69) is 41.7 Å². The van der Waals surface area contributed by atoms with Gasteiger partial charge in [-0.15, -0.1) is 0 Å². The third kappa shape index (κ3) is 8.84. The minimum atomic E-state index is -0.603. The Balaban J connectivity index is 1.29. The quantitative estimate of drug-likeness (QED) is 0.251. The monoisotopic (exact) mass is 612 g/mol. The number of aromatic nitrogens is 1. The molecule has 3 N–H and O–H groups in total. The van der Waals surface area contributed by atoms with Gasteiger partial charge in [-0.1, -0.05) is 26.8 Å². The van der Waals surface area contributed by atoms with Crippen molar-refractivity contribution in [3.63, 3.8) is 0 Å². The van der Waals surface area contributed by atoms with Crippen molar-refractivity contribution in [3.05, 3.63) is 77.0 Å². The summed E-state index contributed by atoms with van der Waals surface area (Å²) in [5.74, 6) is 1.88. The molecule has 1 aromatic heterocycles. The number of alkyl carbamates (subject to hydrolysis) is 1. The van der Waals surface area contributed by atoms with Gasteiger partial charge in [0, 0.05) is 36.0 Å². The highest BCUT2D eigenvalue weighted by Crippen LogP contribution is 2.34. The first kappa shape index (κ1) is 31.6. The molecule has 3 amide bonds. The van der Waals surface area contributed by atoms with E-state index in [0.717, 1.165) is 24.0 Å². The smallest absolute Gasteiger partial charge is 0.407 e. The molecule has 0 bridgehead atoms. The predicted octanol–water partition coefficient (Wildman–Crippen LogP) is 6.96. The van der Waals surface area contributed by atoms with Crippen LogP contribution in [0.15, 0.2) is 60.3 Å². The standard InChI is InChI=1S/C35H40N4O6/c1-34(2,3)25-13-21(19-37-33(42)45-35(4,5)6)14-26(17-25)38-32(41)24-15-23-16-27(9-10-29(23)43-20-24)44-28-11-12-36-30(18-28)39-31(40)22-7-8-22/h9-18,22H,7-8,19-20H2,1-6H3,(H,37,42)(H,38,41)(H,36,39,40). The first-order chi connectivity index (χ1) is 21.2. The largest absolute Gasteiger partial charge is 0.488 e. The van der Waals surface area contributed by atoms with Gasteiger partial charge in [0.1, 0.15) is 35.3 Å². The topological polar surface area (TPSA) is 128 Å². The van der Waals surface area contributed by atoms with Crippen LogP contribution in [0.25, 0.3) is 6.08 Å². The summed E-state index contributed by atoms with van der Waals surface area (Å²) in [6, 6.07) is 14.6. The summed E-state index contributed by atoms with van der Waals surface area (Å²) in [5, 5.41) is 8.62. The fourth-order valence-electron chi connectivity index (χ4n) is 4.60. The molecular weight excluding hydrogens is 572 g/mol. The van der Waals surface area contributed by atoms with Gasteiger partial charge in [0.25, 0.3) is 5.91 Å². The number of benzene rings is 2. The third-order valence-electron chi connectivity index (χ3n) is 7.10. The zero-order valence-electron chi connectivity index (χ0n) is 26.6. The van der Waals surface area contributed by atoms with E-state index in [-0.39, 0.29) is 36.3 Å². The van der Waals surface area contributed by atoms with Gasteiger partial charge in [-0.2, -0.15) is 0 Å². The maximum absolute atomic E-state index is 13.4. The number of pyridine rings is 1. The zero-order chi connectivity index (χ0) is 32.4. The fourth-order valence-corrected chi connectivity index (χ4v) is 4.60. The van der Waals surface area contributed by atoms with Crippen molar-refractivity contribution in [2.75, 3.05) is 17.2 Å². The van der Waals surface area contributed by atoms with Crippen LogP contribution in [0.1, 0.15) is 71.1 Å². The molecule has 10 heteroatoms. The molecule has 3 aromatic rings. The lowest BCUT2D eigenvalue weighted by atomic mass is 9.85. The fraction of sp³-hybridized carbons (Fsp3) is 0.371. The van der Waals surface area contributed by atoms with Gasteiger partial charge in [0.15, 0.2) is 0 Å². The number of hydrogen-bond donors (Lipinski definition) is 3. The lowest BCUT2D eigenvalue weighted by molar-refractivity contribution is -0.117. The summed E-state index contributed by atoms with van der Waals surface area (Å²) >= 11 is 0. The van der Waals surface area contributed by atoms with Crippen LogP contribution in [0.4, 0.5) is 16.3 Å². The van der Waals surface area contributed by atoms with E-state index in [9.17, 15) is 14.4 Å². The predicted molar refractivity (Wildman–Crippen MR) is 172 cm³/mol. The second kappa shape index (κ2) is 12.6. The Morgan fingerprint density at radius 3 is 2.40 bits per heavy atom. The molecule has 0 atom stereocenters. The van der Waals surface area contributed by atoms with Gasteiger partial charge in [-0.05, 0) is 92.6 Å². The molecule has 0 saturated heterocycles. The number of nitrogens with one attached hydrogen (secondary N) is 3. The van der Waals surface area contributed by atoms with Crippen LogP contribution in [0.3, 0.4) is 0 Å². The van der Waals surface area contributed by atoms with Crippen LogP contribution in [0.5, 0.6) is 17.2 Å². The lowest BCUT2D eigenvalue weighted by Crippen LogP contribution is -2.32. The zero-order valence-corrected chi connectivity index (χ0v) is 26.6. The average molecular weight is 613 g/mol. The molecule has 0 unspecified atom stereocenters. The number of hydrogen-bond acceptors (Lipinski definition) is 7. The summed E-state index contributed by atoms with van der Waals surface area (Å²) < 4.78 is 17.3. The van der Waals surface area contributed by atoms with Gasteiger partial charge >= 0.3 is 6.09 Å². The Morgan fingerprint density at radius 2 is 1.69 bits per heavy atom. The van der Waals surface area contributed by atoms with Crippen LogP contribution >= 0.6 is 0 Å². The van der Waals surface area contributed by atoms with Crippen molar-refractivity contribution in [1.29, 1.82) is 0 Å². The number of anilines is 2. The van der Waals surface area contributed by atoms with Crippen LogP contribution < -0.4 is 25.4 Å². The Morgan fingerprint density at radius 1 is 0.933 bits per heavy atom. The number of ether oxygens (including phenoxy) is 3. The molecule has 10 nitrogen and oxygen atoms in total. The van der Waals surface area contributed by atoms with E-state index in [1.807, 2.05) is 39.0 Å². The minimum absolute atomic E-state index is 0.0275. The van der Waals surface area contributed by atoms with E-state index in [1.165, 1.54) is 0 Å². The van der Waals surface area contributed by atoms with Crippen molar-refractivity contribution < 1.29 is 28.6 Å². The molecular formula is C35H40N4O6. The van der Waals surface area contributed by atoms with E-state index in [0.29, 0.717) is 39.9 Å². The molecule has 2 aromatic carbocycles. The molecule has 5 rings (SSSR count). The number of carbonyl (C=O) groups is 3. The molecule has 1 saturated carbocycles. The minimum Gasteiger partial charge on any atom is -0.488 e. The molecule has 0 spiro atoms. The highest BCUT2D eigenvalue weighted by Gasteiger charge is 2.30. The summed E-state index contributed by atoms with van der Waals surface area (Å²) in [6.07, 6.45) is 4.67. The molecule has 2 heterocycles. The summed E-state index contributed by atoms with van der Waals surface area (Å²) in [7, 11) is 0. The number of nitrogens with zero attached hydrogens (tertiary/aromatic N) is 1. The van der Waals surface area contributed by atoms with Crippen molar-refractivity contribution in [1.82, 2.24) is 10.3 Å². The highest BCUT2D eigenvalue weighted by molar-refractivity contribution is 6.07. The van der Waals surface area contributed by atoms with Gasteiger partial charge in [-0.3, -0.25) is 9.59 Å². The molecule has 0 radical (unpaired) electrons. The number of amides is 3. The Kier molecular flexibility index (Phi) is 8.86. The normalized spacial score (nSPS) is 14.3. The molecule has 236 valence electrons. The van der Waals surface area contributed by atoms with Gasteiger partial charge in [-0.25, -0.2) is 9.78 Å². The number of carbonyl (C=O) groups excluding carboxylic acids is 3. The van der Waals surface area contributed by atoms with Crippen molar-refractivity contribution in [2.24, 2.45) is 5.92 Å². The Bertz CT molecular complexity index is 1650. The van der Waals surface area contributed by atoms with Crippen molar-refractivity contribution in [3.8, 4) is 17.2 Å². The van der Waals surface area contributed by atoms with Crippen molar-refractivity contribution >= 4 is 35.5 Å². The SMILES string of the molecule is CC(C)(C)OC(=O)NCc1cc(NC(=O)C2=Cc3cc(Oc4ccnc(NC(=O)C5CC5)c4)ccc3OC2)cc(C(C)(C)C)c1. The summed E-state index contributed by atoms with van der Waals surface area (Å²) in [5.41, 5.74) is 2.80. The van der Waals surface area contributed by atoms with Crippen LogP contribution in [0.2, 0.25) is 0 Å². The molecule has 1 aliphatic heterocycles. The van der Waals surface area contributed by atoms with Gasteiger partial charge < -0.3 is 30.2 Å². The molecule has 1 fully saturated rings. The van der Waals surface area contributed by atoms with E-state index < -0.39 is 11.7 Å². The maximum Gasteiger partial charge on any atom is 0.407 e. The summed E-state index contributed by atoms with van der Waals surface area (Å²) in [4.78, 5) is 42.0. The first-order valence-electron chi connectivity index (χ1n) is 15.1.